The molecule has 0 bridgehead atoms. The molecule has 0 aliphatic rings. The van der Waals surface area contributed by atoms with E-state index < -0.39 is 6.10 Å². The lowest BCUT2D eigenvalue weighted by Crippen LogP contribution is -2.35. The first kappa shape index (κ1) is 18.5. The molecule has 6 heteroatoms. The number of rotatable bonds is 7. The van der Waals surface area contributed by atoms with E-state index in [0.29, 0.717) is 23.0 Å². The van der Waals surface area contributed by atoms with Gasteiger partial charge in [0.1, 0.15) is 5.15 Å². The van der Waals surface area contributed by atoms with Crippen LogP contribution in [0.2, 0.25) is 5.15 Å². The van der Waals surface area contributed by atoms with Gasteiger partial charge in [-0.15, -0.1) is 0 Å². The molecule has 0 aliphatic heterocycles. The Morgan fingerprint density at radius 3 is 2.67 bits per heavy atom. The predicted molar refractivity (Wildman–Crippen MR) is 95.3 cm³/mol. The van der Waals surface area contributed by atoms with Crippen molar-refractivity contribution in [3.63, 3.8) is 0 Å². The van der Waals surface area contributed by atoms with Crippen molar-refractivity contribution in [2.24, 2.45) is 5.92 Å². The number of nitrogens with one attached hydrogen (secondary N) is 1. The second kappa shape index (κ2) is 8.31. The van der Waals surface area contributed by atoms with Crippen LogP contribution in [0.15, 0.2) is 30.3 Å². The minimum atomic E-state index is -0.572. The van der Waals surface area contributed by atoms with Crippen molar-refractivity contribution >= 4 is 17.5 Å². The van der Waals surface area contributed by atoms with Crippen LogP contribution in [0.1, 0.15) is 41.9 Å². The summed E-state index contributed by atoms with van der Waals surface area (Å²) in [6, 6.07) is 9.80. The minimum absolute atomic E-state index is 0.127. The van der Waals surface area contributed by atoms with E-state index in [1.165, 1.54) is 0 Å². The maximum absolute atomic E-state index is 12.4. The molecule has 2 atom stereocenters. The Morgan fingerprint density at radius 1 is 1.38 bits per heavy atom. The van der Waals surface area contributed by atoms with Crippen LogP contribution < -0.4 is 5.32 Å². The fraction of sp³-hybridized carbons (Fsp3) is 0.444. The highest BCUT2D eigenvalue weighted by atomic mass is 35.5. The van der Waals surface area contributed by atoms with Gasteiger partial charge in [0, 0.05) is 6.54 Å². The van der Waals surface area contributed by atoms with Gasteiger partial charge in [-0.1, -0.05) is 62.2 Å². The zero-order valence-corrected chi connectivity index (χ0v) is 15.0. The fourth-order valence-corrected chi connectivity index (χ4v) is 2.75. The average Bonchev–Trinajstić information content (AvgIpc) is 2.86. The van der Waals surface area contributed by atoms with Gasteiger partial charge in [0.05, 0.1) is 23.9 Å². The van der Waals surface area contributed by atoms with Crippen molar-refractivity contribution in [2.75, 3.05) is 6.54 Å². The minimum Gasteiger partial charge on any atom is -0.391 e. The molecule has 2 unspecified atom stereocenters. The third kappa shape index (κ3) is 4.36. The Balaban J connectivity index is 2.09. The lowest BCUT2D eigenvalue weighted by molar-refractivity contribution is 0.0849. The number of nitrogens with zero attached hydrogens (tertiary/aromatic N) is 2. The molecule has 0 fully saturated rings. The second-order valence-electron chi connectivity index (χ2n) is 6.06. The number of aliphatic hydroxyl groups is 1. The Labute approximate surface area is 147 Å². The lowest BCUT2D eigenvalue weighted by Gasteiger charge is -2.17. The number of amides is 1. The van der Waals surface area contributed by atoms with E-state index in [1.807, 2.05) is 44.2 Å². The van der Waals surface area contributed by atoms with Crippen LogP contribution in [0.3, 0.4) is 0 Å². The van der Waals surface area contributed by atoms with Crippen molar-refractivity contribution in [3.8, 4) is 0 Å². The Hall–Kier alpha value is -1.85. The number of benzene rings is 1. The van der Waals surface area contributed by atoms with E-state index in [9.17, 15) is 9.90 Å². The van der Waals surface area contributed by atoms with Crippen LogP contribution in [0.25, 0.3) is 0 Å². The van der Waals surface area contributed by atoms with Crippen LogP contribution in [-0.4, -0.2) is 33.4 Å². The molecule has 0 saturated heterocycles. The molecule has 2 rings (SSSR count). The van der Waals surface area contributed by atoms with Gasteiger partial charge in [-0.3, -0.25) is 4.79 Å². The summed E-state index contributed by atoms with van der Waals surface area (Å²) < 4.78 is 1.62. The molecule has 1 amide bonds. The SMILES string of the molecule is CCC(C)C(O)CNC(=O)c1c(C)nn(Cc2ccccc2)c1Cl. The third-order valence-electron chi connectivity index (χ3n) is 4.24. The summed E-state index contributed by atoms with van der Waals surface area (Å²) in [6.45, 7) is 6.42. The van der Waals surface area contributed by atoms with E-state index in [4.69, 9.17) is 11.6 Å². The highest BCUT2D eigenvalue weighted by Gasteiger charge is 2.21. The summed E-state index contributed by atoms with van der Waals surface area (Å²) in [4.78, 5) is 12.4. The second-order valence-corrected chi connectivity index (χ2v) is 6.42. The van der Waals surface area contributed by atoms with Crippen molar-refractivity contribution < 1.29 is 9.90 Å². The van der Waals surface area contributed by atoms with Gasteiger partial charge >= 0.3 is 0 Å². The molecule has 0 spiro atoms. The van der Waals surface area contributed by atoms with Crippen LogP contribution in [-0.2, 0) is 6.54 Å². The number of hydrogen-bond donors (Lipinski definition) is 2. The summed E-state index contributed by atoms with van der Waals surface area (Å²) >= 11 is 6.36. The molecular weight excluding hydrogens is 326 g/mol. The maximum atomic E-state index is 12.4. The first-order valence-electron chi connectivity index (χ1n) is 8.17. The summed E-state index contributed by atoms with van der Waals surface area (Å²) in [6.07, 6.45) is 0.281. The molecule has 5 nitrogen and oxygen atoms in total. The fourth-order valence-electron chi connectivity index (χ4n) is 2.43. The average molecular weight is 350 g/mol. The predicted octanol–water partition coefficient (Wildman–Crippen LogP) is 3.03. The molecule has 1 aromatic heterocycles. The quantitative estimate of drug-likeness (QED) is 0.807. The Bertz CT molecular complexity index is 685. The van der Waals surface area contributed by atoms with Gasteiger partial charge in [-0.2, -0.15) is 5.10 Å². The first-order valence-corrected chi connectivity index (χ1v) is 8.54. The standard InChI is InChI=1S/C18H24ClN3O2/c1-4-12(2)15(23)10-20-18(24)16-13(3)21-22(17(16)19)11-14-8-6-5-7-9-14/h5-9,12,15,23H,4,10-11H2,1-3H3,(H,20,24). The van der Waals surface area contributed by atoms with Crippen molar-refractivity contribution in [3.05, 3.63) is 52.3 Å². The molecular formula is C18H24ClN3O2. The molecule has 2 aromatic rings. The summed E-state index contributed by atoms with van der Waals surface area (Å²) in [5, 5.41) is 17.4. The van der Waals surface area contributed by atoms with Crippen LogP contribution in [0.4, 0.5) is 0 Å². The van der Waals surface area contributed by atoms with Gasteiger partial charge in [-0.05, 0) is 18.4 Å². The van der Waals surface area contributed by atoms with E-state index in [0.717, 1.165) is 12.0 Å². The molecule has 1 aromatic carbocycles. The molecule has 0 aliphatic carbocycles. The van der Waals surface area contributed by atoms with E-state index in [1.54, 1.807) is 11.6 Å². The smallest absolute Gasteiger partial charge is 0.256 e. The van der Waals surface area contributed by atoms with Gasteiger partial charge < -0.3 is 10.4 Å². The summed E-state index contributed by atoms with van der Waals surface area (Å²) in [5.41, 5.74) is 2.00. The largest absolute Gasteiger partial charge is 0.391 e. The van der Waals surface area contributed by atoms with Crippen LogP contribution >= 0.6 is 11.6 Å². The molecule has 130 valence electrons. The van der Waals surface area contributed by atoms with Gasteiger partial charge in [0.25, 0.3) is 5.91 Å². The zero-order valence-electron chi connectivity index (χ0n) is 14.3. The number of hydrogen-bond acceptors (Lipinski definition) is 3. The van der Waals surface area contributed by atoms with Crippen molar-refractivity contribution in [1.82, 2.24) is 15.1 Å². The van der Waals surface area contributed by atoms with E-state index >= 15 is 0 Å². The van der Waals surface area contributed by atoms with Crippen LogP contribution in [0.5, 0.6) is 0 Å². The lowest BCUT2D eigenvalue weighted by atomic mass is 10.0. The molecule has 2 N–H and O–H groups in total. The van der Waals surface area contributed by atoms with Gasteiger partial charge in [0.15, 0.2) is 0 Å². The topological polar surface area (TPSA) is 67.2 Å². The number of aromatic nitrogens is 2. The Kier molecular flexibility index (Phi) is 6.40. The van der Waals surface area contributed by atoms with Crippen molar-refractivity contribution in [1.29, 1.82) is 0 Å². The molecule has 0 saturated carbocycles. The van der Waals surface area contributed by atoms with Gasteiger partial charge in [-0.25, -0.2) is 4.68 Å². The van der Waals surface area contributed by atoms with Crippen LogP contribution in [0, 0.1) is 12.8 Å². The Morgan fingerprint density at radius 2 is 2.04 bits per heavy atom. The monoisotopic (exact) mass is 349 g/mol. The molecule has 1 heterocycles. The molecule has 0 radical (unpaired) electrons. The maximum Gasteiger partial charge on any atom is 0.256 e. The number of halogens is 1. The van der Waals surface area contributed by atoms with Gasteiger partial charge in [0.2, 0.25) is 0 Å². The normalized spacial score (nSPS) is 13.5. The van der Waals surface area contributed by atoms with Crippen molar-refractivity contribution in [2.45, 2.75) is 39.8 Å². The van der Waals surface area contributed by atoms with E-state index in [-0.39, 0.29) is 18.4 Å². The number of aryl methyl sites for hydroxylation is 1. The highest BCUT2D eigenvalue weighted by molar-refractivity contribution is 6.33. The highest BCUT2D eigenvalue weighted by Crippen LogP contribution is 2.21. The number of carbonyl (C=O) groups excluding carboxylic acids is 1. The zero-order chi connectivity index (χ0) is 17.7. The number of carbonyl (C=O) groups is 1. The molecule has 24 heavy (non-hydrogen) atoms. The third-order valence-corrected chi connectivity index (χ3v) is 4.62. The van der Waals surface area contributed by atoms with E-state index in [2.05, 4.69) is 10.4 Å². The summed E-state index contributed by atoms with van der Waals surface area (Å²) in [7, 11) is 0. The first-order chi connectivity index (χ1) is 11.4. The number of aliphatic hydroxyl groups excluding tert-OH is 1. The summed E-state index contributed by atoms with van der Waals surface area (Å²) in [5.74, 6) is -0.179.